The van der Waals surface area contributed by atoms with E-state index in [1.807, 2.05) is 48.1 Å². The van der Waals surface area contributed by atoms with Crippen LogP contribution >= 0.6 is 0 Å². The first-order valence-electron chi connectivity index (χ1n) is 6.13. The quantitative estimate of drug-likeness (QED) is 0.750. The Morgan fingerprint density at radius 1 is 1.21 bits per heavy atom. The van der Waals surface area contributed by atoms with Crippen LogP contribution in [0.15, 0.2) is 48.9 Å². The van der Waals surface area contributed by atoms with Gasteiger partial charge in [0.2, 0.25) is 0 Å². The molecule has 0 aliphatic carbocycles. The van der Waals surface area contributed by atoms with Gasteiger partial charge >= 0.3 is 0 Å². The fourth-order valence-electron chi connectivity index (χ4n) is 1.96. The van der Waals surface area contributed by atoms with Crippen LogP contribution in [0.3, 0.4) is 0 Å². The summed E-state index contributed by atoms with van der Waals surface area (Å²) in [5.41, 5.74) is 3.31. The molecule has 0 radical (unpaired) electrons. The summed E-state index contributed by atoms with van der Waals surface area (Å²) >= 11 is 0. The lowest BCUT2D eigenvalue weighted by atomic mass is 10.2. The Kier molecular flexibility index (Phi) is 3.02. The van der Waals surface area contributed by atoms with Crippen LogP contribution in [0.1, 0.15) is 5.69 Å². The van der Waals surface area contributed by atoms with E-state index in [2.05, 4.69) is 26.6 Å². The maximum absolute atomic E-state index is 4.09. The molecule has 5 nitrogen and oxygen atoms in total. The molecule has 3 aromatic rings. The maximum atomic E-state index is 4.09. The largest absolute Gasteiger partial charge is 0.379 e. The number of hydrogen-bond acceptors (Lipinski definition) is 3. The van der Waals surface area contributed by atoms with Gasteiger partial charge in [-0.05, 0) is 36.4 Å². The lowest BCUT2D eigenvalue weighted by molar-refractivity contribution is 0.920. The van der Waals surface area contributed by atoms with Gasteiger partial charge in [-0.2, -0.15) is 0 Å². The van der Waals surface area contributed by atoms with Crippen LogP contribution in [0.2, 0.25) is 0 Å². The number of benzene rings is 1. The highest BCUT2D eigenvalue weighted by molar-refractivity contribution is 5.59. The number of hydrogen-bond donors (Lipinski definition) is 2. The molecule has 0 aliphatic heterocycles. The van der Waals surface area contributed by atoms with Crippen LogP contribution in [0.4, 0.5) is 5.69 Å². The number of nitrogens with one attached hydrogen (secondary N) is 2. The van der Waals surface area contributed by atoms with Crippen molar-refractivity contribution in [1.82, 2.24) is 19.7 Å². The molecule has 3 rings (SSSR count). The Balaban J connectivity index is 1.71. The smallest absolute Gasteiger partial charge is 0.163 e. The minimum absolute atomic E-state index is 0.788. The highest BCUT2D eigenvalue weighted by Crippen LogP contribution is 2.18. The average molecular weight is 253 g/mol. The summed E-state index contributed by atoms with van der Waals surface area (Å²) in [5, 5.41) is 11.3. The molecule has 0 saturated heterocycles. The van der Waals surface area contributed by atoms with Crippen molar-refractivity contribution in [2.75, 3.05) is 5.32 Å². The number of aryl methyl sites for hydroxylation is 1. The molecule has 5 heteroatoms. The summed E-state index contributed by atoms with van der Waals surface area (Å²) in [7, 11) is 1.94. The predicted molar refractivity (Wildman–Crippen MR) is 74.6 cm³/mol. The van der Waals surface area contributed by atoms with Gasteiger partial charge in [0.15, 0.2) is 5.82 Å². The molecule has 1 aromatic carbocycles. The van der Waals surface area contributed by atoms with Crippen molar-refractivity contribution in [3.63, 3.8) is 0 Å². The van der Waals surface area contributed by atoms with Crippen molar-refractivity contribution >= 4 is 5.69 Å². The van der Waals surface area contributed by atoms with Gasteiger partial charge in [-0.25, -0.2) is 0 Å². The molecule has 2 heterocycles. The molecule has 0 unspecified atom stereocenters. The SMILES string of the molecule is Cn1cnnc1-c1ccc(NCc2ccc[nH]2)cc1. The summed E-state index contributed by atoms with van der Waals surface area (Å²) in [6.07, 6.45) is 3.63. The number of nitrogens with zero attached hydrogens (tertiary/aromatic N) is 3. The number of anilines is 1. The van der Waals surface area contributed by atoms with Gasteiger partial charge in [-0.3, -0.25) is 0 Å². The molecule has 0 aliphatic rings. The second-order valence-electron chi connectivity index (χ2n) is 4.39. The van der Waals surface area contributed by atoms with E-state index in [1.54, 1.807) is 6.33 Å². The lowest BCUT2D eigenvalue weighted by Gasteiger charge is -2.06. The summed E-state index contributed by atoms with van der Waals surface area (Å²) in [4.78, 5) is 3.16. The molecule has 2 N–H and O–H groups in total. The summed E-state index contributed by atoms with van der Waals surface area (Å²) < 4.78 is 1.90. The van der Waals surface area contributed by atoms with Gasteiger partial charge in [-0.15, -0.1) is 10.2 Å². The topological polar surface area (TPSA) is 58.5 Å². The summed E-state index contributed by atoms with van der Waals surface area (Å²) in [5.74, 6) is 0.871. The van der Waals surface area contributed by atoms with Crippen molar-refractivity contribution in [3.05, 3.63) is 54.6 Å². The third-order valence-corrected chi connectivity index (χ3v) is 3.00. The van der Waals surface area contributed by atoms with E-state index in [0.29, 0.717) is 0 Å². The first-order valence-corrected chi connectivity index (χ1v) is 6.13. The van der Waals surface area contributed by atoms with E-state index in [0.717, 1.165) is 29.3 Å². The van der Waals surface area contributed by atoms with E-state index in [-0.39, 0.29) is 0 Å². The number of H-pyrrole nitrogens is 1. The second-order valence-corrected chi connectivity index (χ2v) is 4.39. The zero-order valence-corrected chi connectivity index (χ0v) is 10.7. The third kappa shape index (κ3) is 2.49. The molecule has 19 heavy (non-hydrogen) atoms. The molecule has 2 aromatic heterocycles. The third-order valence-electron chi connectivity index (χ3n) is 3.00. The molecule has 0 saturated carbocycles. The molecule has 0 bridgehead atoms. The van der Waals surface area contributed by atoms with Crippen LogP contribution in [-0.2, 0) is 13.6 Å². The Morgan fingerprint density at radius 2 is 2.05 bits per heavy atom. The monoisotopic (exact) mass is 253 g/mol. The zero-order valence-electron chi connectivity index (χ0n) is 10.7. The van der Waals surface area contributed by atoms with E-state index in [9.17, 15) is 0 Å². The Labute approximate surface area is 111 Å². The average Bonchev–Trinajstić information content (AvgIpc) is 3.08. The van der Waals surface area contributed by atoms with Gasteiger partial charge in [0, 0.05) is 30.2 Å². The molecule has 96 valence electrons. The fraction of sp³-hybridized carbons (Fsp3) is 0.143. The van der Waals surface area contributed by atoms with E-state index in [1.165, 1.54) is 0 Å². The van der Waals surface area contributed by atoms with Crippen molar-refractivity contribution in [2.45, 2.75) is 6.54 Å². The number of rotatable bonds is 4. The molecule has 0 amide bonds. The second kappa shape index (κ2) is 4.97. The highest BCUT2D eigenvalue weighted by Gasteiger charge is 2.03. The van der Waals surface area contributed by atoms with Crippen LogP contribution in [0, 0.1) is 0 Å². The first-order chi connectivity index (χ1) is 9.33. The van der Waals surface area contributed by atoms with Crippen molar-refractivity contribution in [2.24, 2.45) is 7.05 Å². The highest BCUT2D eigenvalue weighted by atomic mass is 15.2. The van der Waals surface area contributed by atoms with Gasteiger partial charge in [0.1, 0.15) is 6.33 Å². The van der Waals surface area contributed by atoms with Crippen LogP contribution < -0.4 is 5.32 Å². The summed E-state index contributed by atoms with van der Waals surface area (Å²) in [6.45, 7) is 0.788. The van der Waals surface area contributed by atoms with Crippen LogP contribution in [-0.4, -0.2) is 19.7 Å². The maximum Gasteiger partial charge on any atom is 0.163 e. The molecule has 0 atom stereocenters. The van der Waals surface area contributed by atoms with Gasteiger partial charge in [0.25, 0.3) is 0 Å². The van der Waals surface area contributed by atoms with E-state index in [4.69, 9.17) is 0 Å². The van der Waals surface area contributed by atoms with Crippen LogP contribution in [0.25, 0.3) is 11.4 Å². The van der Waals surface area contributed by atoms with Crippen molar-refractivity contribution < 1.29 is 0 Å². The standard InChI is InChI=1S/C14H15N5/c1-19-10-17-18-14(19)11-4-6-12(7-5-11)16-9-13-3-2-8-15-13/h2-8,10,15-16H,9H2,1H3. The molecular weight excluding hydrogens is 238 g/mol. The minimum Gasteiger partial charge on any atom is -0.379 e. The first kappa shape index (κ1) is 11.5. The van der Waals surface area contributed by atoms with Crippen molar-refractivity contribution in [3.8, 4) is 11.4 Å². The van der Waals surface area contributed by atoms with Gasteiger partial charge < -0.3 is 14.9 Å². The van der Waals surface area contributed by atoms with Crippen LogP contribution in [0.5, 0.6) is 0 Å². The number of aromatic amines is 1. The van der Waals surface area contributed by atoms with Gasteiger partial charge in [0.05, 0.1) is 6.54 Å². The lowest BCUT2D eigenvalue weighted by Crippen LogP contribution is -1.99. The molecule has 0 fully saturated rings. The van der Waals surface area contributed by atoms with E-state index < -0.39 is 0 Å². The molecular formula is C14H15N5. The number of aromatic nitrogens is 4. The minimum atomic E-state index is 0.788. The normalized spacial score (nSPS) is 10.6. The predicted octanol–water partition coefficient (Wildman–Crippen LogP) is 2.42. The Hall–Kier alpha value is -2.56. The Morgan fingerprint density at radius 3 is 2.68 bits per heavy atom. The van der Waals surface area contributed by atoms with Gasteiger partial charge in [-0.1, -0.05) is 0 Å². The zero-order chi connectivity index (χ0) is 13.1. The summed E-state index contributed by atoms with van der Waals surface area (Å²) in [6, 6.07) is 12.2. The fourth-order valence-corrected chi connectivity index (χ4v) is 1.96. The van der Waals surface area contributed by atoms with E-state index >= 15 is 0 Å². The molecule has 0 spiro atoms. The van der Waals surface area contributed by atoms with Crippen molar-refractivity contribution in [1.29, 1.82) is 0 Å². The Bertz CT molecular complexity index is 637.